The molecule has 2 aromatic heterocycles. The van der Waals surface area contributed by atoms with Crippen LogP contribution in [0.2, 0.25) is 0 Å². The lowest BCUT2D eigenvalue weighted by molar-refractivity contribution is 0.491. The highest BCUT2D eigenvalue weighted by molar-refractivity contribution is 5.69. The first-order chi connectivity index (χ1) is 6.72. The van der Waals surface area contributed by atoms with E-state index < -0.39 is 12.0 Å². The van der Waals surface area contributed by atoms with Gasteiger partial charge in [-0.05, 0) is 0 Å². The molecule has 0 aliphatic carbocycles. The Bertz CT molecular complexity index is 526. The van der Waals surface area contributed by atoms with E-state index in [4.69, 9.17) is 6.42 Å². The topological polar surface area (TPSA) is 43.6 Å². The molecule has 0 spiro atoms. The van der Waals surface area contributed by atoms with Gasteiger partial charge in [-0.3, -0.25) is 0 Å². The molecule has 2 rings (SSSR count). The second kappa shape index (κ2) is 3.03. The van der Waals surface area contributed by atoms with E-state index >= 15 is 0 Å². The Kier molecular flexibility index (Phi) is 1.85. The van der Waals surface area contributed by atoms with E-state index in [9.17, 15) is 8.78 Å². The van der Waals surface area contributed by atoms with Gasteiger partial charge < -0.3 is 4.57 Å². The molecule has 0 bridgehead atoms. The van der Waals surface area contributed by atoms with E-state index in [0.29, 0.717) is 0 Å². The first-order valence-corrected chi connectivity index (χ1v) is 3.69. The number of halogens is 2. The van der Waals surface area contributed by atoms with E-state index in [1.54, 1.807) is 0 Å². The molecule has 0 saturated heterocycles. The molecule has 0 aliphatic rings. The van der Waals surface area contributed by atoms with Gasteiger partial charge in [0.15, 0.2) is 11.2 Å². The maximum Gasteiger partial charge on any atom is 0.313 e. The Balaban J connectivity index is 2.73. The molecule has 2 aromatic rings. The molecule has 0 fully saturated rings. The first kappa shape index (κ1) is 8.56. The van der Waals surface area contributed by atoms with Gasteiger partial charge in [0.05, 0.1) is 12.9 Å². The SMILES string of the molecule is C#CCn1cnc2c(F)nc(F)nc21. The second-order valence-electron chi connectivity index (χ2n) is 2.53. The largest absolute Gasteiger partial charge is 0.313 e. The Hall–Kier alpha value is -2.03. The Morgan fingerprint density at radius 2 is 2.21 bits per heavy atom. The number of terminal acetylenes is 1. The second-order valence-corrected chi connectivity index (χ2v) is 2.53. The number of imidazole rings is 1. The molecule has 2 heterocycles. The molecule has 0 unspecified atom stereocenters. The van der Waals surface area contributed by atoms with Crippen LogP contribution in [0.15, 0.2) is 6.33 Å². The minimum atomic E-state index is -1.13. The third-order valence-corrected chi connectivity index (χ3v) is 1.66. The third kappa shape index (κ3) is 1.19. The molecule has 0 saturated carbocycles. The number of hydrogen-bond acceptors (Lipinski definition) is 3. The highest BCUT2D eigenvalue weighted by atomic mass is 19.1. The Labute approximate surface area is 77.6 Å². The highest BCUT2D eigenvalue weighted by Crippen LogP contribution is 2.12. The molecule has 14 heavy (non-hydrogen) atoms. The quantitative estimate of drug-likeness (QED) is 0.382. The number of nitrogens with zero attached hydrogens (tertiary/aromatic N) is 4. The van der Waals surface area contributed by atoms with Crippen LogP contribution < -0.4 is 0 Å². The summed E-state index contributed by atoms with van der Waals surface area (Å²) in [4.78, 5) is 9.98. The lowest BCUT2D eigenvalue weighted by atomic mass is 10.5. The fourth-order valence-corrected chi connectivity index (χ4v) is 1.10. The summed E-state index contributed by atoms with van der Waals surface area (Å²) in [6, 6.07) is 0. The zero-order valence-corrected chi connectivity index (χ0v) is 6.91. The van der Waals surface area contributed by atoms with E-state index in [1.165, 1.54) is 10.9 Å². The molecule has 0 atom stereocenters. The Morgan fingerprint density at radius 1 is 1.43 bits per heavy atom. The van der Waals surface area contributed by atoms with Crippen molar-refractivity contribution in [1.29, 1.82) is 0 Å². The minimum absolute atomic E-state index is 0.0629. The molecular weight excluding hydrogens is 190 g/mol. The summed E-state index contributed by atoms with van der Waals surface area (Å²) < 4.78 is 27.0. The van der Waals surface area contributed by atoms with Gasteiger partial charge in [0.1, 0.15) is 0 Å². The maximum absolute atomic E-state index is 13.0. The zero-order chi connectivity index (χ0) is 10.1. The lowest BCUT2D eigenvalue weighted by Gasteiger charge is -1.96. The molecule has 0 aliphatic heterocycles. The molecule has 6 heteroatoms. The molecule has 0 aromatic carbocycles. The van der Waals surface area contributed by atoms with Crippen LogP contribution in [0.4, 0.5) is 8.78 Å². The number of rotatable bonds is 1. The summed E-state index contributed by atoms with van der Waals surface area (Å²) in [5, 5.41) is 0. The van der Waals surface area contributed by atoms with Gasteiger partial charge >= 0.3 is 6.08 Å². The lowest BCUT2D eigenvalue weighted by Crippen LogP contribution is -1.99. The molecule has 4 nitrogen and oxygen atoms in total. The molecule has 0 radical (unpaired) electrons. The van der Waals surface area contributed by atoms with Crippen LogP contribution in [-0.4, -0.2) is 19.5 Å². The van der Waals surface area contributed by atoms with Crippen LogP contribution in [-0.2, 0) is 6.54 Å². The Morgan fingerprint density at radius 3 is 2.93 bits per heavy atom. The first-order valence-electron chi connectivity index (χ1n) is 3.69. The van der Waals surface area contributed by atoms with Crippen LogP contribution >= 0.6 is 0 Å². The number of fused-ring (bicyclic) bond motifs is 1. The number of aromatic nitrogens is 4. The predicted molar refractivity (Wildman–Crippen MR) is 44.1 cm³/mol. The van der Waals surface area contributed by atoms with Crippen molar-refractivity contribution in [2.75, 3.05) is 0 Å². The highest BCUT2D eigenvalue weighted by Gasteiger charge is 2.11. The summed E-state index contributed by atoms with van der Waals surface area (Å²) in [6.45, 7) is 0.159. The van der Waals surface area contributed by atoms with Crippen molar-refractivity contribution in [3.63, 3.8) is 0 Å². The van der Waals surface area contributed by atoms with Crippen LogP contribution in [0.5, 0.6) is 0 Å². The monoisotopic (exact) mass is 194 g/mol. The van der Waals surface area contributed by atoms with Crippen LogP contribution in [0.1, 0.15) is 0 Å². The van der Waals surface area contributed by atoms with E-state index in [1.807, 2.05) is 0 Å². The van der Waals surface area contributed by atoms with Gasteiger partial charge in [0, 0.05) is 0 Å². The van der Waals surface area contributed by atoms with Gasteiger partial charge in [0.2, 0.25) is 5.95 Å². The maximum atomic E-state index is 13.0. The van der Waals surface area contributed by atoms with E-state index in [2.05, 4.69) is 20.9 Å². The standard InChI is InChI=1S/C8H4F2N4/c1-2-3-14-4-11-5-6(9)12-8(10)13-7(5)14/h1,4H,3H2. The summed E-state index contributed by atoms with van der Waals surface area (Å²) in [5.41, 5.74) is -0.0189. The molecular formula is C8H4F2N4. The average Bonchev–Trinajstić information content (AvgIpc) is 2.49. The molecule has 0 amide bonds. The van der Waals surface area contributed by atoms with Gasteiger partial charge in [0.25, 0.3) is 0 Å². The average molecular weight is 194 g/mol. The van der Waals surface area contributed by atoms with Crippen molar-refractivity contribution in [3.8, 4) is 12.3 Å². The van der Waals surface area contributed by atoms with Gasteiger partial charge in [-0.1, -0.05) is 5.92 Å². The minimum Gasteiger partial charge on any atom is -0.303 e. The fraction of sp³-hybridized carbons (Fsp3) is 0.125. The van der Waals surface area contributed by atoms with Crippen LogP contribution in [0, 0.1) is 24.4 Å². The van der Waals surface area contributed by atoms with Crippen LogP contribution in [0.3, 0.4) is 0 Å². The number of hydrogen-bond donors (Lipinski definition) is 0. The zero-order valence-electron chi connectivity index (χ0n) is 6.91. The van der Waals surface area contributed by atoms with Crippen molar-refractivity contribution < 1.29 is 8.78 Å². The van der Waals surface area contributed by atoms with Crippen molar-refractivity contribution in [2.45, 2.75) is 6.54 Å². The summed E-state index contributed by atoms with van der Waals surface area (Å²) in [5.74, 6) is 1.34. The fourth-order valence-electron chi connectivity index (χ4n) is 1.10. The molecule has 0 N–H and O–H groups in total. The normalized spacial score (nSPS) is 10.4. The van der Waals surface area contributed by atoms with Gasteiger partial charge in [-0.2, -0.15) is 18.7 Å². The van der Waals surface area contributed by atoms with E-state index in [0.717, 1.165) is 0 Å². The van der Waals surface area contributed by atoms with Crippen molar-refractivity contribution in [3.05, 3.63) is 18.4 Å². The smallest absolute Gasteiger partial charge is 0.303 e. The van der Waals surface area contributed by atoms with Crippen molar-refractivity contribution >= 4 is 11.2 Å². The summed E-state index contributed by atoms with van der Waals surface area (Å²) in [6.07, 6.45) is 5.22. The summed E-state index contributed by atoms with van der Waals surface area (Å²) >= 11 is 0. The predicted octanol–water partition coefficient (Wildman–Crippen LogP) is 0.738. The van der Waals surface area contributed by atoms with Crippen molar-refractivity contribution in [1.82, 2.24) is 19.5 Å². The van der Waals surface area contributed by atoms with Crippen molar-refractivity contribution in [2.24, 2.45) is 0 Å². The van der Waals surface area contributed by atoms with Gasteiger partial charge in [-0.15, -0.1) is 6.42 Å². The third-order valence-electron chi connectivity index (χ3n) is 1.66. The van der Waals surface area contributed by atoms with E-state index in [-0.39, 0.29) is 17.7 Å². The summed E-state index contributed by atoms with van der Waals surface area (Å²) in [7, 11) is 0. The molecule has 70 valence electrons. The van der Waals surface area contributed by atoms with Gasteiger partial charge in [-0.25, -0.2) is 4.98 Å². The van der Waals surface area contributed by atoms with Crippen LogP contribution in [0.25, 0.3) is 11.2 Å².